The first-order valence-electron chi connectivity index (χ1n) is 11.6. The van der Waals surface area contributed by atoms with Gasteiger partial charge in [0.2, 0.25) is 0 Å². The molecule has 0 aromatic heterocycles. The van der Waals surface area contributed by atoms with E-state index in [1.54, 1.807) is 48.4 Å². The zero-order chi connectivity index (χ0) is 23.4. The molecule has 1 spiro atoms. The van der Waals surface area contributed by atoms with E-state index in [4.69, 9.17) is 18.9 Å². The molecule has 4 rings (SSSR count). The van der Waals surface area contributed by atoms with E-state index in [0.717, 1.165) is 12.8 Å². The smallest absolute Gasteiger partial charge is 0.254 e. The standard InChI is InChI=1S/C26H31NO6/c1-4-6-13-32-23-9-7-18(14-24(23)31-5-2)25(29)27-12-11-26(17-27)16-21(28)20-15-19(30-3)8-10-22(20)33-26/h7-10,14-15H,4-6,11-13,16-17H2,1-3H3. The van der Waals surface area contributed by atoms with Gasteiger partial charge in [0, 0.05) is 18.5 Å². The van der Waals surface area contributed by atoms with Gasteiger partial charge in [0.15, 0.2) is 17.3 Å². The normalized spacial score (nSPS) is 19.2. The molecule has 176 valence electrons. The van der Waals surface area contributed by atoms with Crippen LogP contribution in [0.4, 0.5) is 0 Å². The van der Waals surface area contributed by atoms with Crippen molar-refractivity contribution in [1.29, 1.82) is 0 Å². The topological polar surface area (TPSA) is 74.3 Å². The zero-order valence-electron chi connectivity index (χ0n) is 19.5. The molecule has 2 heterocycles. The summed E-state index contributed by atoms with van der Waals surface area (Å²) < 4.78 is 23.1. The number of ketones is 1. The third kappa shape index (κ3) is 4.77. The monoisotopic (exact) mass is 453 g/mol. The number of carbonyl (C=O) groups is 2. The highest BCUT2D eigenvalue weighted by Gasteiger charge is 2.47. The second kappa shape index (κ2) is 9.73. The molecule has 2 aromatic carbocycles. The lowest BCUT2D eigenvalue weighted by molar-refractivity contribution is 0.0427. The van der Waals surface area contributed by atoms with Crippen molar-refractivity contribution < 1.29 is 28.5 Å². The molecule has 2 aliphatic heterocycles. The zero-order valence-corrected chi connectivity index (χ0v) is 19.5. The molecule has 33 heavy (non-hydrogen) atoms. The minimum Gasteiger partial charge on any atom is -0.497 e. The predicted octanol–water partition coefficient (Wildman–Crippen LogP) is 4.52. The van der Waals surface area contributed by atoms with Crippen molar-refractivity contribution in [2.75, 3.05) is 33.4 Å². The van der Waals surface area contributed by atoms with Crippen LogP contribution in [-0.2, 0) is 0 Å². The number of ether oxygens (including phenoxy) is 4. The van der Waals surface area contributed by atoms with E-state index in [0.29, 0.717) is 66.8 Å². The largest absolute Gasteiger partial charge is 0.497 e. The quantitative estimate of drug-likeness (QED) is 0.547. The van der Waals surface area contributed by atoms with E-state index in [-0.39, 0.29) is 18.1 Å². The van der Waals surface area contributed by atoms with Crippen molar-refractivity contribution in [1.82, 2.24) is 4.90 Å². The molecule has 1 unspecified atom stereocenters. The summed E-state index contributed by atoms with van der Waals surface area (Å²) >= 11 is 0. The van der Waals surface area contributed by atoms with E-state index in [9.17, 15) is 9.59 Å². The Balaban J connectivity index is 1.49. The summed E-state index contributed by atoms with van der Waals surface area (Å²) in [6.45, 7) is 5.99. The van der Waals surface area contributed by atoms with Gasteiger partial charge in [-0.1, -0.05) is 13.3 Å². The number of hydrogen-bond donors (Lipinski definition) is 0. The molecule has 0 saturated carbocycles. The van der Waals surface area contributed by atoms with Crippen LogP contribution < -0.4 is 18.9 Å². The number of benzene rings is 2. The van der Waals surface area contributed by atoms with Gasteiger partial charge in [-0.3, -0.25) is 9.59 Å². The van der Waals surface area contributed by atoms with Crippen LogP contribution in [-0.4, -0.2) is 55.6 Å². The predicted molar refractivity (Wildman–Crippen MR) is 124 cm³/mol. The third-order valence-corrected chi connectivity index (χ3v) is 6.15. The van der Waals surface area contributed by atoms with E-state index >= 15 is 0 Å². The maximum atomic E-state index is 13.3. The average molecular weight is 454 g/mol. The molecular weight excluding hydrogens is 422 g/mol. The van der Waals surface area contributed by atoms with Gasteiger partial charge in [-0.15, -0.1) is 0 Å². The first-order chi connectivity index (χ1) is 16.0. The molecule has 2 aromatic rings. The van der Waals surface area contributed by atoms with Gasteiger partial charge in [-0.05, 0) is 49.7 Å². The Morgan fingerprint density at radius 1 is 1.12 bits per heavy atom. The molecule has 1 atom stereocenters. The fraction of sp³-hybridized carbons (Fsp3) is 0.462. The highest BCUT2D eigenvalue weighted by Crippen LogP contribution is 2.40. The Labute approximate surface area is 194 Å². The van der Waals surface area contributed by atoms with Crippen molar-refractivity contribution in [3.05, 3.63) is 47.5 Å². The minimum absolute atomic E-state index is 0.0108. The molecule has 0 bridgehead atoms. The van der Waals surface area contributed by atoms with Crippen LogP contribution in [0.15, 0.2) is 36.4 Å². The maximum Gasteiger partial charge on any atom is 0.254 e. The minimum atomic E-state index is -0.694. The number of nitrogens with zero attached hydrogens (tertiary/aromatic N) is 1. The third-order valence-electron chi connectivity index (χ3n) is 6.15. The molecule has 0 N–H and O–H groups in total. The van der Waals surface area contributed by atoms with Crippen LogP contribution in [0.25, 0.3) is 0 Å². The Morgan fingerprint density at radius 2 is 1.97 bits per heavy atom. The van der Waals surface area contributed by atoms with E-state index in [1.807, 2.05) is 6.92 Å². The van der Waals surface area contributed by atoms with Crippen molar-refractivity contribution in [2.45, 2.75) is 45.1 Å². The van der Waals surface area contributed by atoms with Crippen molar-refractivity contribution in [3.8, 4) is 23.0 Å². The second-order valence-corrected chi connectivity index (χ2v) is 8.52. The molecule has 2 aliphatic rings. The van der Waals surface area contributed by atoms with Gasteiger partial charge in [-0.25, -0.2) is 0 Å². The number of methoxy groups -OCH3 is 1. The molecular formula is C26H31NO6. The first-order valence-corrected chi connectivity index (χ1v) is 11.6. The van der Waals surface area contributed by atoms with Gasteiger partial charge >= 0.3 is 0 Å². The summed E-state index contributed by atoms with van der Waals surface area (Å²) in [7, 11) is 1.57. The maximum absolute atomic E-state index is 13.3. The molecule has 0 aliphatic carbocycles. The van der Waals surface area contributed by atoms with Crippen LogP contribution >= 0.6 is 0 Å². The number of unbranched alkanes of at least 4 members (excludes halogenated alkanes) is 1. The summed E-state index contributed by atoms with van der Waals surface area (Å²) in [5.74, 6) is 2.29. The summed E-state index contributed by atoms with van der Waals surface area (Å²) in [5.41, 5.74) is 0.371. The summed E-state index contributed by atoms with van der Waals surface area (Å²) in [6, 6.07) is 10.6. The number of Topliss-reactive ketones (excluding diaryl/α,β-unsaturated/α-hetero) is 1. The Morgan fingerprint density at radius 3 is 2.73 bits per heavy atom. The lowest BCUT2D eigenvalue weighted by Gasteiger charge is -2.34. The molecule has 0 radical (unpaired) electrons. The van der Waals surface area contributed by atoms with E-state index in [2.05, 4.69) is 6.92 Å². The number of fused-ring (bicyclic) bond motifs is 1. The Hall–Kier alpha value is -3.22. The number of likely N-dealkylation sites (tertiary alicyclic amines) is 1. The van der Waals surface area contributed by atoms with Crippen LogP contribution in [0, 0.1) is 0 Å². The van der Waals surface area contributed by atoms with Crippen LogP contribution in [0.1, 0.15) is 60.2 Å². The summed E-state index contributed by atoms with van der Waals surface area (Å²) in [6.07, 6.45) is 2.84. The molecule has 7 heteroatoms. The Bertz CT molecular complexity index is 1040. The van der Waals surface area contributed by atoms with Gasteiger partial charge in [0.05, 0.1) is 38.9 Å². The van der Waals surface area contributed by atoms with Crippen LogP contribution in [0.2, 0.25) is 0 Å². The van der Waals surface area contributed by atoms with Gasteiger partial charge < -0.3 is 23.8 Å². The van der Waals surface area contributed by atoms with Gasteiger partial charge in [0.1, 0.15) is 17.1 Å². The van der Waals surface area contributed by atoms with Crippen molar-refractivity contribution in [2.24, 2.45) is 0 Å². The number of rotatable bonds is 8. The number of hydrogen-bond acceptors (Lipinski definition) is 6. The summed E-state index contributed by atoms with van der Waals surface area (Å²) in [4.78, 5) is 27.9. The lowest BCUT2D eigenvalue weighted by Crippen LogP contribution is -2.45. The number of carbonyl (C=O) groups excluding carboxylic acids is 2. The Kier molecular flexibility index (Phi) is 6.77. The van der Waals surface area contributed by atoms with Crippen LogP contribution in [0.3, 0.4) is 0 Å². The fourth-order valence-corrected chi connectivity index (χ4v) is 4.38. The van der Waals surface area contributed by atoms with E-state index in [1.165, 1.54) is 0 Å². The summed E-state index contributed by atoms with van der Waals surface area (Å²) in [5, 5.41) is 0. The SMILES string of the molecule is CCCCOc1ccc(C(=O)N2CCC3(CC(=O)c4cc(OC)ccc4O3)C2)cc1OCC. The number of amides is 1. The van der Waals surface area contributed by atoms with Crippen LogP contribution in [0.5, 0.6) is 23.0 Å². The van der Waals surface area contributed by atoms with Crippen molar-refractivity contribution in [3.63, 3.8) is 0 Å². The first kappa shape index (κ1) is 23.0. The lowest BCUT2D eigenvalue weighted by atomic mass is 9.89. The second-order valence-electron chi connectivity index (χ2n) is 8.52. The molecule has 1 amide bonds. The highest BCUT2D eigenvalue weighted by atomic mass is 16.5. The van der Waals surface area contributed by atoms with E-state index < -0.39 is 5.60 Å². The van der Waals surface area contributed by atoms with Gasteiger partial charge in [0.25, 0.3) is 5.91 Å². The van der Waals surface area contributed by atoms with Crippen molar-refractivity contribution >= 4 is 11.7 Å². The molecule has 7 nitrogen and oxygen atoms in total. The van der Waals surface area contributed by atoms with Gasteiger partial charge in [-0.2, -0.15) is 0 Å². The molecule has 1 saturated heterocycles. The fourth-order valence-electron chi connectivity index (χ4n) is 4.38. The average Bonchev–Trinajstić information content (AvgIpc) is 3.22. The highest BCUT2D eigenvalue weighted by molar-refractivity contribution is 6.01. The molecule has 1 fully saturated rings.